The number of hydrogen-bond acceptors (Lipinski definition) is 2. The van der Waals surface area contributed by atoms with Gasteiger partial charge >= 0.3 is 0 Å². The third kappa shape index (κ3) is 3.44. The normalized spacial score (nSPS) is 10.9. The van der Waals surface area contributed by atoms with Gasteiger partial charge in [0.15, 0.2) is 0 Å². The van der Waals surface area contributed by atoms with Gasteiger partial charge < -0.3 is 5.32 Å². The van der Waals surface area contributed by atoms with Crippen LogP contribution in [-0.2, 0) is 13.0 Å². The maximum absolute atomic E-state index is 12.8. The van der Waals surface area contributed by atoms with E-state index in [1.807, 2.05) is 42.6 Å². The molecule has 0 bridgehead atoms. The molecule has 0 aliphatic rings. The number of nitrogens with one attached hydrogen (secondary N) is 1. The quantitative estimate of drug-likeness (QED) is 0.721. The first kappa shape index (κ1) is 13.7. The van der Waals surface area contributed by atoms with Gasteiger partial charge in [0.25, 0.3) is 0 Å². The topological polar surface area (TPSA) is 24.9 Å². The lowest BCUT2D eigenvalue weighted by molar-refractivity contribution is 0.626. The highest BCUT2D eigenvalue weighted by atomic mass is 19.1. The molecule has 1 aromatic heterocycles. The standard InChI is InChI=1S/C18H17FN2/c19-16-7-5-14(6-8-16)9-11-20-13-15-10-12-21-18-4-2-1-3-17(15)18/h1-8,10,12,20H,9,11,13H2. The van der Waals surface area contributed by atoms with Gasteiger partial charge in [-0.3, -0.25) is 4.98 Å². The van der Waals surface area contributed by atoms with Crippen LogP contribution < -0.4 is 5.32 Å². The molecule has 0 unspecified atom stereocenters. The Morgan fingerprint density at radius 1 is 0.952 bits per heavy atom. The average Bonchev–Trinajstić information content (AvgIpc) is 2.53. The molecule has 0 saturated heterocycles. The minimum atomic E-state index is -0.185. The Morgan fingerprint density at radius 2 is 1.76 bits per heavy atom. The summed E-state index contributed by atoms with van der Waals surface area (Å²) in [5, 5.41) is 4.62. The Hall–Kier alpha value is -2.26. The predicted molar refractivity (Wildman–Crippen MR) is 83.6 cm³/mol. The van der Waals surface area contributed by atoms with Gasteiger partial charge in [-0.2, -0.15) is 0 Å². The lowest BCUT2D eigenvalue weighted by atomic mass is 10.1. The van der Waals surface area contributed by atoms with Crippen molar-refractivity contribution in [2.75, 3.05) is 6.54 Å². The Balaban J connectivity index is 1.58. The van der Waals surface area contributed by atoms with Gasteiger partial charge in [0.2, 0.25) is 0 Å². The van der Waals surface area contributed by atoms with Crippen LogP contribution in [0.25, 0.3) is 10.9 Å². The predicted octanol–water partition coefficient (Wildman–Crippen LogP) is 3.71. The first-order chi connectivity index (χ1) is 10.3. The molecule has 2 nitrogen and oxygen atoms in total. The van der Waals surface area contributed by atoms with Crippen molar-refractivity contribution in [1.82, 2.24) is 10.3 Å². The van der Waals surface area contributed by atoms with Crippen molar-refractivity contribution in [3.63, 3.8) is 0 Å². The van der Waals surface area contributed by atoms with Crippen LogP contribution in [0.2, 0.25) is 0 Å². The van der Waals surface area contributed by atoms with Gasteiger partial charge in [0, 0.05) is 18.1 Å². The molecule has 2 aromatic carbocycles. The Kier molecular flexibility index (Phi) is 4.22. The third-order valence-corrected chi connectivity index (χ3v) is 3.56. The SMILES string of the molecule is Fc1ccc(CCNCc2ccnc3ccccc23)cc1. The fourth-order valence-electron chi connectivity index (χ4n) is 2.42. The Labute approximate surface area is 123 Å². The van der Waals surface area contributed by atoms with Gasteiger partial charge in [0.1, 0.15) is 5.82 Å². The molecule has 0 spiro atoms. The van der Waals surface area contributed by atoms with Crippen molar-refractivity contribution in [1.29, 1.82) is 0 Å². The molecule has 0 aliphatic heterocycles. The van der Waals surface area contributed by atoms with Gasteiger partial charge in [-0.25, -0.2) is 4.39 Å². The summed E-state index contributed by atoms with van der Waals surface area (Å²) in [6.07, 6.45) is 2.74. The van der Waals surface area contributed by atoms with E-state index in [0.29, 0.717) is 0 Å². The van der Waals surface area contributed by atoms with Gasteiger partial charge in [-0.1, -0.05) is 30.3 Å². The highest BCUT2D eigenvalue weighted by molar-refractivity contribution is 5.81. The molecule has 0 atom stereocenters. The van der Waals surface area contributed by atoms with E-state index in [-0.39, 0.29) is 5.82 Å². The molecule has 3 rings (SSSR count). The van der Waals surface area contributed by atoms with Crippen LogP contribution in [0.15, 0.2) is 60.8 Å². The summed E-state index contributed by atoms with van der Waals surface area (Å²) in [4.78, 5) is 4.36. The maximum atomic E-state index is 12.8. The minimum Gasteiger partial charge on any atom is -0.312 e. The third-order valence-electron chi connectivity index (χ3n) is 3.56. The molecule has 3 aromatic rings. The summed E-state index contributed by atoms with van der Waals surface area (Å²) in [6, 6.07) is 16.9. The van der Waals surface area contributed by atoms with Crippen molar-refractivity contribution in [2.45, 2.75) is 13.0 Å². The van der Waals surface area contributed by atoms with Crippen LogP contribution in [0, 0.1) is 5.82 Å². The van der Waals surface area contributed by atoms with Gasteiger partial charge in [-0.15, -0.1) is 0 Å². The van der Waals surface area contributed by atoms with Crippen LogP contribution >= 0.6 is 0 Å². The molecule has 1 heterocycles. The van der Waals surface area contributed by atoms with Gasteiger partial charge in [0.05, 0.1) is 5.52 Å². The van der Waals surface area contributed by atoms with E-state index in [4.69, 9.17) is 0 Å². The van der Waals surface area contributed by atoms with E-state index in [0.717, 1.165) is 30.6 Å². The summed E-state index contributed by atoms with van der Waals surface area (Å²) in [7, 11) is 0. The van der Waals surface area contributed by atoms with Crippen LogP contribution in [0.3, 0.4) is 0 Å². The van der Waals surface area contributed by atoms with Crippen LogP contribution in [-0.4, -0.2) is 11.5 Å². The number of halogens is 1. The van der Waals surface area contributed by atoms with Crippen molar-refractivity contribution in [3.05, 3.63) is 77.7 Å². The molecule has 3 heteroatoms. The number of para-hydroxylation sites is 1. The fraction of sp³-hybridized carbons (Fsp3) is 0.167. The lowest BCUT2D eigenvalue weighted by Gasteiger charge is -2.08. The number of aromatic nitrogens is 1. The first-order valence-electron chi connectivity index (χ1n) is 7.11. The van der Waals surface area contributed by atoms with Crippen molar-refractivity contribution >= 4 is 10.9 Å². The molecule has 21 heavy (non-hydrogen) atoms. The summed E-state index contributed by atoms with van der Waals surface area (Å²) in [5.41, 5.74) is 3.42. The van der Waals surface area contributed by atoms with Crippen LogP contribution in [0.1, 0.15) is 11.1 Å². The minimum absolute atomic E-state index is 0.185. The van der Waals surface area contributed by atoms with Crippen molar-refractivity contribution in [2.24, 2.45) is 0 Å². The van der Waals surface area contributed by atoms with E-state index in [1.54, 1.807) is 0 Å². The van der Waals surface area contributed by atoms with E-state index in [1.165, 1.54) is 23.1 Å². The molecule has 106 valence electrons. The highest BCUT2D eigenvalue weighted by Gasteiger charge is 2.01. The maximum Gasteiger partial charge on any atom is 0.123 e. The van der Waals surface area contributed by atoms with Crippen molar-refractivity contribution in [3.8, 4) is 0 Å². The number of pyridine rings is 1. The zero-order chi connectivity index (χ0) is 14.5. The molecule has 1 N–H and O–H groups in total. The first-order valence-corrected chi connectivity index (χ1v) is 7.11. The number of rotatable bonds is 5. The largest absolute Gasteiger partial charge is 0.312 e. The zero-order valence-electron chi connectivity index (χ0n) is 11.7. The molecule has 0 amide bonds. The van der Waals surface area contributed by atoms with E-state index < -0.39 is 0 Å². The van der Waals surface area contributed by atoms with Gasteiger partial charge in [-0.05, 0) is 48.4 Å². The number of benzene rings is 2. The summed E-state index contributed by atoms with van der Waals surface area (Å²) < 4.78 is 12.8. The number of nitrogens with zero attached hydrogens (tertiary/aromatic N) is 1. The second-order valence-corrected chi connectivity index (χ2v) is 5.04. The zero-order valence-corrected chi connectivity index (χ0v) is 11.7. The molecule has 0 saturated carbocycles. The molecular weight excluding hydrogens is 263 g/mol. The number of hydrogen-bond donors (Lipinski definition) is 1. The molecule has 0 fully saturated rings. The van der Waals surface area contributed by atoms with E-state index >= 15 is 0 Å². The molecule has 0 aliphatic carbocycles. The Morgan fingerprint density at radius 3 is 2.62 bits per heavy atom. The molecular formula is C18H17FN2. The second kappa shape index (κ2) is 6.46. The fourth-order valence-corrected chi connectivity index (χ4v) is 2.42. The van der Waals surface area contributed by atoms with Crippen LogP contribution in [0.5, 0.6) is 0 Å². The van der Waals surface area contributed by atoms with Crippen molar-refractivity contribution < 1.29 is 4.39 Å². The van der Waals surface area contributed by atoms with Crippen LogP contribution in [0.4, 0.5) is 4.39 Å². The van der Waals surface area contributed by atoms with E-state index in [2.05, 4.69) is 16.4 Å². The Bertz CT molecular complexity index is 717. The summed E-state index contributed by atoms with van der Waals surface area (Å²) in [5.74, 6) is -0.185. The monoisotopic (exact) mass is 280 g/mol. The summed E-state index contributed by atoms with van der Waals surface area (Å²) in [6.45, 7) is 1.67. The molecule has 0 radical (unpaired) electrons. The second-order valence-electron chi connectivity index (χ2n) is 5.04. The average molecular weight is 280 g/mol. The number of fused-ring (bicyclic) bond motifs is 1. The smallest absolute Gasteiger partial charge is 0.123 e. The summed E-state index contributed by atoms with van der Waals surface area (Å²) >= 11 is 0. The highest BCUT2D eigenvalue weighted by Crippen LogP contribution is 2.15. The van der Waals surface area contributed by atoms with E-state index in [9.17, 15) is 4.39 Å². The lowest BCUT2D eigenvalue weighted by Crippen LogP contribution is -2.16.